The predicted octanol–water partition coefficient (Wildman–Crippen LogP) is 0.801. The van der Waals surface area contributed by atoms with Gasteiger partial charge in [-0.3, -0.25) is 19.6 Å². The van der Waals surface area contributed by atoms with Gasteiger partial charge in [-0.15, -0.1) is 24.0 Å². The van der Waals surface area contributed by atoms with Crippen LogP contribution in [0.2, 0.25) is 0 Å². The number of piperidine rings is 1. The SMILES string of the molecule is CN=C(NCC(=O)Nc1cccnc1)N1CCCC(CC(N)=O)C1.I. The molecule has 1 aromatic rings. The van der Waals surface area contributed by atoms with E-state index in [4.69, 9.17) is 5.73 Å². The van der Waals surface area contributed by atoms with Gasteiger partial charge in [0.15, 0.2) is 5.96 Å². The lowest BCUT2D eigenvalue weighted by Crippen LogP contribution is -2.48. The molecule has 1 unspecified atom stereocenters. The minimum atomic E-state index is -0.277. The molecule has 1 aliphatic rings. The van der Waals surface area contributed by atoms with Gasteiger partial charge in [0.1, 0.15) is 0 Å². The summed E-state index contributed by atoms with van der Waals surface area (Å²) in [5.41, 5.74) is 5.94. The highest BCUT2D eigenvalue weighted by molar-refractivity contribution is 14.0. The standard InChI is InChI=1S/C16H24N6O2.HI/c1-18-16(22-7-3-4-12(11-22)8-14(17)23)20-10-15(24)21-13-5-2-6-19-9-13;/h2,5-6,9,12H,3-4,7-8,10-11H2,1H3,(H2,17,23)(H,18,20)(H,21,24);1H. The Balaban J connectivity index is 0.00000312. The second kappa shape index (κ2) is 10.9. The van der Waals surface area contributed by atoms with Crippen LogP contribution in [-0.2, 0) is 9.59 Å². The summed E-state index contributed by atoms with van der Waals surface area (Å²) in [6.07, 6.45) is 5.58. The molecule has 0 bridgehead atoms. The number of amides is 2. The van der Waals surface area contributed by atoms with Gasteiger partial charge in [-0.25, -0.2) is 0 Å². The molecule has 138 valence electrons. The zero-order valence-corrected chi connectivity index (χ0v) is 16.6. The average molecular weight is 460 g/mol. The molecule has 0 radical (unpaired) electrons. The highest BCUT2D eigenvalue weighted by atomic mass is 127. The van der Waals surface area contributed by atoms with Crippen molar-refractivity contribution in [3.8, 4) is 0 Å². The van der Waals surface area contributed by atoms with Crippen molar-refractivity contribution in [1.29, 1.82) is 0 Å². The number of carbonyl (C=O) groups excluding carboxylic acids is 2. The fourth-order valence-electron chi connectivity index (χ4n) is 2.84. The van der Waals surface area contributed by atoms with Crippen molar-refractivity contribution in [2.45, 2.75) is 19.3 Å². The number of primary amides is 1. The third-order valence-corrected chi connectivity index (χ3v) is 3.87. The fourth-order valence-corrected chi connectivity index (χ4v) is 2.84. The van der Waals surface area contributed by atoms with Gasteiger partial charge in [-0.2, -0.15) is 0 Å². The molecular formula is C16H25IN6O2. The summed E-state index contributed by atoms with van der Waals surface area (Å²) in [6, 6.07) is 3.54. The van der Waals surface area contributed by atoms with Crippen LogP contribution in [0, 0.1) is 5.92 Å². The maximum atomic E-state index is 12.0. The molecule has 1 saturated heterocycles. The number of guanidine groups is 1. The molecule has 0 aromatic carbocycles. The Morgan fingerprint density at radius 1 is 1.48 bits per heavy atom. The quantitative estimate of drug-likeness (QED) is 0.342. The second-order valence-electron chi connectivity index (χ2n) is 5.82. The van der Waals surface area contributed by atoms with Crippen LogP contribution in [0.5, 0.6) is 0 Å². The molecule has 2 rings (SSSR count). The van der Waals surface area contributed by atoms with E-state index in [1.165, 1.54) is 0 Å². The maximum Gasteiger partial charge on any atom is 0.243 e. The molecule has 2 amide bonds. The maximum absolute atomic E-state index is 12.0. The number of nitrogens with zero attached hydrogens (tertiary/aromatic N) is 3. The van der Waals surface area contributed by atoms with Crippen molar-refractivity contribution >= 4 is 47.4 Å². The third kappa shape index (κ3) is 7.24. The lowest BCUT2D eigenvalue weighted by Gasteiger charge is -2.34. The van der Waals surface area contributed by atoms with Gasteiger partial charge in [-0.05, 0) is 30.9 Å². The Bertz CT molecular complexity index is 596. The zero-order valence-electron chi connectivity index (χ0n) is 14.3. The first-order valence-corrected chi connectivity index (χ1v) is 8.02. The highest BCUT2D eigenvalue weighted by Crippen LogP contribution is 2.19. The van der Waals surface area contributed by atoms with Gasteiger partial charge < -0.3 is 21.3 Å². The highest BCUT2D eigenvalue weighted by Gasteiger charge is 2.23. The lowest BCUT2D eigenvalue weighted by molar-refractivity contribution is -0.119. The molecule has 1 aromatic heterocycles. The first-order chi connectivity index (χ1) is 11.6. The molecule has 2 heterocycles. The summed E-state index contributed by atoms with van der Waals surface area (Å²) in [6.45, 7) is 1.67. The fraction of sp³-hybridized carbons (Fsp3) is 0.500. The molecule has 0 aliphatic carbocycles. The number of rotatable bonds is 5. The Hall–Kier alpha value is -1.91. The largest absolute Gasteiger partial charge is 0.370 e. The van der Waals surface area contributed by atoms with Gasteiger partial charge in [0, 0.05) is 32.8 Å². The van der Waals surface area contributed by atoms with Crippen molar-refractivity contribution in [2.24, 2.45) is 16.6 Å². The van der Waals surface area contributed by atoms with E-state index in [1.807, 2.05) is 0 Å². The van der Waals surface area contributed by atoms with E-state index < -0.39 is 0 Å². The molecular weight excluding hydrogens is 435 g/mol. The molecule has 0 saturated carbocycles. The summed E-state index contributed by atoms with van der Waals surface area (Å²) in [5, 5.41) is 5.82. The number of nitrogens with one attached hydrogen (secondary N) is 2. The van der Waals surface area contributed by atoms with Crippen molar-refractivity contribution in [3.05, 3.63) is 24.5 Å². The Morgan fingerprint density at radius 3 is 2.92 bits per heavy atom. The minimum Gasteiger partial charge on any atom is -0.370 e. The molecule has 25 heavy (non-hydrogen) atoms. The van der Waals surface area contributed by atoms with Crippen LogP contribution in [0.4, 0.5) is 5.69 Å². The number of aromatic nitrogens is 1. The number of likely N-dealkylation sites (tertiary alicyclic amines) is 1. The third-order valence-electron chi connectivity index (χ3n) is 3.87. The number of nitrogens with two attached hydrogens (primary N) is 1. The molecule has 0 spiro atoms. The Kier molecular flexibility index (Phi) is 9.17. The van der Waals surface area contributed by atoms with Crippen LogP contribution in [0.15, 0.2) is 29.5 Å². The number of hydrogen-bond acceptors (Lipinski definition) is 4. The van der Waals surface area contributed by atoms with E-state index in [1.54, 1.807) is 31.6 Å². The van der Waals surface area contributed by atoms with Crippen LogP contribution in [0.1, 0.15) is 19.3 Å². The van der Waals surface area contributed by atoms with Crippen LogP contribution in [0.3, 0.4) is 0 Å². The molecule has 9 heteroatoms. The van der Waals surface area contributed by atoms with E-state index in [-0.39, 0.29) is 48.3 Å². The molecule has 4 N–H and O–H groups in total. The first kappa shape index (κ1) is 21.1. The van der Waals surface area contributed by atoms with Crippen LogP contribution >= 0.6 is 24.0 Å². The minimum absolute atomic E-state index is 0. The normalized spacial score (nSPS) is 17.4. The number of anilines is 1. The van der Waals surface area contributed by atoms with Gasteiger partial charge in [0.05, 0.1) is 18.4 Å². The summed E-state index contributed by atoms with van der Waals surface area (Å²) in [4.78, 5) is 33.3. The van der Waals surface area contributed by atoms with Crippen molar-refractivity contribution < 1.29 is 9.59 Å². The van der Waals surface area contributed by atoms with Crippen molar-refractivity contribution in [2.75, 3.05) is 32.0 Å². The monoisotopic (exact) mass is 460 g/mol. The van der Waals surface area contributed by atoms with E-state index in [2.05, 4.69) is 25.5 Å². The van der Waals surface area contributed by atoms with E-state index >= 15 is 0 Å². The zero-order chi connectivity index (χ0) is 17.4. The molecule has 1 atom stereocenters. The average Bonchev–Trinajstić information content (AvgIpc) is 2.56. The summed E-state index contributed by atoms with van der Waals surface area (Å²) >= 11 is 0. The van der Waals surface area contributed by atoms with Crippen molar-refractivity contribution in [1.82, 2.24) is 15.2 Å². The second-order valence-corrected chi connectivity index (χ2v) is 5.82. The Morgan fingerprint density at radius 2 is 2.28 bits per heavy atom. The first-order valence-electron chi connectivity index (χ1n) is 8.02. The van der Waals surface area contributed by atoms with Crippen LogP contribution in [-0.4, -0.2) is 54.3 Å². The van der Waals surface area contributed by atoms with Gasteiger partial charge in [-0.1, -0.05) is 0 Å². The number of aliphatic imine (C=N–C) groups is 1. The molecule has 1 fully saturated rings. The van der Waals surface area contributed by atoms with Gasteiger partial charge in [0.25, 0.3) is 0 Å². The van der Waals surface area contributed by atoms with Crippen LogP contribution < -0.4 is 16.4 Å². The number of halogens is 1. The topological polar surface area (TPSA) is 113 Å². The van der Waals surface area contributed by atoms with E-state index in [9.17, 15) is 9.59 Å². The van der Waals surface area contributed by atoms with Gasteiger partial charge in [0.2, 0.25) is 11.8 Å². The summed E-state index contributed by atoms with van der Waals surface area (Å²) < 4.78 is 0. The number of hydrogen-bond donors (Lipinski definition) is 3. The molecule has 1 aliphatic heterocycles. The van der Waals surface area contributed by atoms with Crippen molar-refractivity contribution in [3.63, 3.8) is 0 Å². The predicted molar refractivity (Wildman–Crippen MR) is 108 cm³/mol. The number of carbonyl (C=O) groups is 2. The van der Waals surface area contributed by atoms with E-state index in [0.29, 0.717) is 24.6 Å². The van der Waals surface area contributed by atoms with Gasteiger partial charge >= 0.3 is 0 Å². The lowest BCUT2D eigenvalue weighted by atomic mass is 9.95. The smallest absolute Gasteiger partial charge is 0.243 e. The molecule has 8 nitrogen and oxygen atoms in total. The Labute approximate surface area is 164 Å². The summed E-state index contributed by atoms with van der Waals surface area (Å²) in [7, 11) is 1.68. The summed E-state index contributed by atoms with van der Waals surface area (Å²) in [5.74, 6) is 0.444. The van der Waals surface area contributed by atoms with E-state index in [0.717, 1.165) is 19.4 Å². The van der Waals surface area contributed by atoms with Crippen LogP contribution in [0.25, 0.3) is 0 Å². The number of pyridine rings is 1.